The number of nitrogens with one attached hydrogen (secondary N) is 1. The number of para-hydroxylation sites is 2. The molecule has 0 aliphatic heterocycles. The Morgan fingerprint density at radius 3 is 2.83 bits per heavy atom. The number of anilines is 1. The molecule has 0 atom stereocenters. The van der Waals surface area contributed by atoms with E-state index >= 15 is 0 Å². The SMILES string of the molecule is O=C(Nc1ccccc1OC(F)F)c1nn2cccnc2c1Cl. The minimum Gasteiger partial charge on any atom is -0.433 e. The molecule has 0 saturated carbocycles. The fourth-order valence-corrected chi connectivity index (χ4v) is 2.21. The van der Waals surface area contributed by atoms with Gasteiger partial charge in [-0.1, -0.05) is 23.7 Å². The number of nitrogens with zero attached hydrogens (tertiary/aromatic N) is 3. The summed E-state index contributed by atoms with van der Waals surface area (Å²) in [6.45, 7) is -3.00. The van der Waals surface area contributed by atoms with Crippen LogP contribution in [0.2, 0.25) is 5.02 Å². The number of amides is 1. The second-order valence-corrected chi connectivity index (χ2v) is 4.76. The van der Waals surface area contributed by atoms with Gasteiger partial charge in [0.25, 0.3) is 5.91 Å². The van der Waals surface area contributed by atoms with E-state index in [1.54, 1.807) is 18.3 Å². The quantitative estimate of drug-likeness (QED) is 0.793. The molecule has 1 N–H and O–H groups in total. The molecule has 0 bridgehead atoms. The van der Waals surface area contributed by atoms with E-state index in [2.05, 4.69) is 20.1 Å². The average Bonchev–Trinajstić information content (AvgIpc) is 2.86. The van der Waals surface area contributed by atoms with Crippen molar-refractivity contribution in [3.05, 3.63) is 53.4 Å². The number of halogens is 3. The third-order valence-corrected chi connectivity index (χ3v) is 3.25. The summed E-state index contributed by atoms with van der Waals surface area (Å²) >= 11 is 6.08. The summed E-state index contributed by atoms with van der Waals surface area (Å²) < 4.78 is 30.5. The van der Waals surface area contributed by atoms with Crippen molar-refractivity contribution in [3.63, 3.8) is 0 Å². The number of carbonyl (C=O) groups excluding carboxylic acids is 1. The second kappa shape index (κ2) is 6.17. The Labute approximate surface area is 133 Å². The molecule has 0 radical (unpaired) electrons. The van der Waals surface area contributed by atoms with Crippen LogP contribution in [-0.2, 0) is 0 Å². The maximum Gasteiger partial charge on any atom is 0.387 e. The van der Waals surface area contributed by atoms with Crippen molar-refractivity contribution in [3.8, 4) is 5.75 Å². The molecule has 0 fully saturated rings. The molecule has 0 saturated heterocycles. The Kier molecular flexibility index (Phi) is 4.07. The highest BCUT2D eigenvalue weighted by Crippen LogP contribution is 2.27. The lowest BCUT2D eigenvalue weighted by Crippen LogP contribution is -2.15. The number of carbonyl (C=O) groups is 1. The van der Waals surface area contributed by atoms with Crippen LogP contribution in [0.3, 0.4) is 0 Å². The standard InChI is InChI=1S/C14H9ClF2N4O2/c15-10-11(20-21-7-3-6-18-12(10)21)13(22)19-8-4-1-2-5-9(8)23-14(16)17/h1-7,14H,(H,19,22). The van der Waals surface area contributed by atoms with Crippen LogP contribution in [0.1, 0.15) is 10.5 Å². The highest BCUT2D eigenvalue weighted by atomic mass is 35.5. The third kappa shape index (κ3) is 3.07. The molecule has 0 aliphatic carbocycles. The molecular weight excluding hydrogens is 330 g/mol. The molecule has 1 amide bonds. The van der Waals surface area contributed by atoms with E-state index in [1.807, 2.05) is 0 Å². The lowest BCUT2D eigenvalue weighted by atomic mass is 10.3. The van der Waals surface area contributed by atoms with Crippen LogP contribution < -0.4 is 10.1 Å². The molecule has 6 nitrogen and oxygen atoms in total. The zero-order valence-corrected chi connectivity index (χ0v) is 12.2. The van der Waals surface area contributed by atoms with Crippen LogP contribution in [0.5, 0.6) is 5.75 Å². The first-order valence-electron chi connectivity index (χ1n) is 6.40. The fraction of sp³-hybridized carbons (Fsp3) is 0.0714. The minimum atomic E-state index is -3.00. The van der Waals surface area contributed by atoms with E-state index < -0.39 is 12.5 Å². The summed E-state index contributed by atoms with van der Waals surface area (Å²) in [5.74, 6) is -0.820. The van der Waals surface area contributed by atoms with Crippen molar-refractivity contribution in [2.75, 3.05) is 5.32 Å². The minimum absolute atomic E-state index is 0.0651. The van der Waals surface area contributed by atoms with Gasteiger partial charge in [0.15, 0.2) is 11.3 Å². The summed E-state index contributed by atoms with van der Waals surface area (Å²) in [7, 11) is 0. The van der Waals surface area contributed by atoms with Gasteiger partial charge < -0.3 is 10.1 Å². The Morgan fingerprint density at radius 1 is 1.30 bits per heavy atom. The van der Waals surface area contributed by atoms with Crippen molar-refractivity contribution in [1.82, 2.24) is 14.6 Å². The lowest BCUT2D eigenvalue weighted by Gasteiger charge is -2.10. The van der Waals surface area contributed by atoms with Crippen molar-refractivity contribution in [2.45, 2.75) is 6.61 Å². The van der Waals surface area contributed by atoms with E-state index in [0.29, 0.717) is 5.65 Å². The van der Waals surface area contributed by atoms with E-state index in [1.165, 1.54) is 28.9 Å². The van der Waals surface area contributed by atoms with Crippen LogP contribution in [0.15, 0.2) is 42.7 Å². The van der Waals surface area contributed by atoms with Crippen LogP contribution in [0.25, 0.3) is 5.65 Å². The van der Waals surface area contributed by atoms with Crippen LogP contribution in [0.4, 0.5) is 14.5 Å². The number of fused-ring (bicyclic) bond motifs is 1. The van der Waals surface area contributed by atoms with Crippen molar-refractivity contribution in [2.24, 2.45) is 0 Å². The summed E-state index contributed by atoms with van der Waals surface area (Å²) in [6.07, 6.45) is 3.09. The number of aromatic nitrogens is 3. The highest BCUT2D eigenvalue weighted by molar-refractivity contribution is 6.37. The largest absolute Gasteiger partial charge is 0.433 e. The number of hydrogen-bond donors (Lipinski definition) is 1. The first-order valence-corrected chi connectivity index (χ1v) is 6.78. The van der Waals surface area contributed by atoms with Gasteiger partial charge in [0.2, 0.25) is 0 Å². The summed E-state index contributed by atoms with van der Waals surface area (Å²) in [4.78, 5) is 16.3. The normalized spacial score (nSPS) is 11.0. The van der Waals surface area contributed by atoms with Gasteiger partial charge in [0.1, 0.15) is 10.8 Å². The number of benzene rings is 1. The highest BCUT2D eigenvalue weighted by Gasteiger charge is 2.20. The van der Waals surface area contributed by atoms with Gasteiger partial charge in [-0.3, -0.25) is 4.79 Å². The van der Waals surface area contributed by atoms with Crippen molar-refractivity contribution >= 4 is 28.8 Å². The van der Waals surface area contributed by atoms with Crippen LogP contribution in [0, 0.1) is 0 Å². The predicted octanol–water partition coefficient (Wildman–Crippen LogP) is 3.24. The third-order valence-electron chi connectivity index (χ3n) is 2.91. The first-order chi connectivity index (χ1) is 11.1. The molecule has 0 spiro atoms. The molecule has 2 aromatic heterocycles. The van der Waals surface area contributed by atoms with Crippen molar-refractivity contribution < 1.29 is 18.3 Å². The van der Waals surface area contributed by atoms with E-state index in [4.69, 9.17) is 11.6 Å². The van der Waals surface area contributed by atoms with Gasteiger partial charge in [-0.2, -0.15) is 13.9 Å². The van der Waals surface area contributed by atoms with E-state index in [-0.39, 0.29) is 22.2 Å². The number of rotatable bonds is 4. The fourth-order valence-electron chi connectivity index (χ4n) is 1.95. The Bertz CT molecular complexity index is 869. The number of hydrogen-bond acceptors (Lipinski definition) is 4. The van der Waals surface area contributed by atoms with Gasteiger partial charge in [0.05, 0.1) is 5.69 Å². The Morgan fingerprint density at radius 2 is 2.09 bits per heavy atom. The first kappa shape index (κ1) is 15.2. The summed E-state index contributed by atoms with van der Waals surface area (Å²) in [5.41, 5.74) is 0.326. The summed E-state index contributed by atoms with van der Waals surface area (Å²) in [5, 5.41) is 6.53. The Hall–Kier alpha value is -2.74. The molecule has 23 heavy (non-hydrogen) atoms. The molecule has 9 heteroatoms. The van der Waals surface area contributed by atoms with Gasteiger partial charge in [0, 0.05) is 12.4 Å². The van der Waals surface area contributed by atoms with Gasteiger partial charge in [-0.25, -0.2) is 9.50 Å². The molecule has 2 heterocycles. The van der Waals surface area contributed by atoms with Crippen LogP contribution in [-0.4, -0.2) is 27.1 Å². The average molecular weight is 339 g/mol. The Balaban J connectivity index is 1.91. The number of alkyl halides is 2. The zero-order valence-electron chi connectivity index (χ0n) is 11.4. The second-order valence-electron chi connectivity index (χ2n) is 4.38. The maximum atomic E-state index is 12.4. The molecule has 3 aromatic rings. The number of ether oxygens (including phenoxy) is 1. The van der Waals surface area contributed by atoms with Crippen LogP contribution >= 0.6 is 11.6 Å². The van der Waals surface area contributed by atoms with E-state index in [0.717, 1.165) is 0 Å². The molecule has 0 aliphatic rings. The van der Waals surface area contributed by atoms with Gasteiger partial charge in [-0.05, 0) is 18.2 Å². The lowest BCUT2D eigenvalue weighted by molar-refractivity contribution is -0.0493. The van der Waals surface area contributed by atoms with Crippen molar-refractivity contribution in [1.29, 1.82) is 0 Å². The summed E-state index contributed by atoms with van der Waals surface area (Å²) in [6, 6.07) is 7.45. The molecule has 3 rings (SSSR count). The van der Waals surface area contributed by atoms with E-state index in [9.17, 15) is 13.6 Å². The molecule has 118 valence electrons. The molecule has 1 aromatic carbocycles. The monoisotopic (exact) mass is 338 g/mol. The van der Waals surface area contributed by atoms with Gasteiger partial charge >= 0.3 is 6.61 Å². The smallest absolute Gasteiger partial charge is 0.387 e. The zero-order chi connectivity index (χ0) is 16.4. The topological polar surface area (TPSA) is 68.5 Å². The predicted molar refractivity (Wildman–Crippen MR) is 79.0 cm³/mol. The molecular formula is C14H9ClF2N4O2. The molecule has 0 unspecified atom stereocenters. The van der Waals surface area contributed by atoms with Gasteiger partial charge in [-0.15, -0.1) is 0 Å². The maximum absolute atomic E-state index is 12.4.